The molecule has 1 aliphatic rings. The van der Waals surface area contributed by atoms with Crippen LogP contribution in [0.5, 0.6) is 0 Å². The molecule has 1 unspecified atom stereocenters. The highest BCUT2D eigenvalue weighted by molar-refractivity contribution is 6.01. The first-order chi connectivity index (χ1) is 10.1. The van der Waals surface area contributed by atoms with Crippen molar-refractivity contribution in [3.8, 4) is 0 Å². The minimum atomic E-state index is 0.148. The smallest absolute Gasteiger partial charge is 0.173 e. The van der Waals surface area contributed by atoms with Gasteiger partial charge in [-0.1, -0.05) is 25.4 Å². The Morgan fingerprint density at radius 2 is 2.24 bits per heavy atom. The largest absolute Gasteiger partial charge is 0.409 e. The standard InChI is InChI=1S/C16H26N4O/c1-4-11(3)10-20(5-2)16-13(15(17)19-21)9-12-7-6-8-14(12)18-16/h9,11,21H,4-8,10H2,1-3H3,(H2,17,19). The summed E-state index contributed by atoms with van der Waals surface area (Å²) in [5.41, 5.74) is 9.04. The summed E-state index contributed by atoms with van der Waals surface area (Å²) in [4.78, 5) is 7.07. The molecular formula is C16H26N4O. The SMILES string of the molecule is CCC(C)CN(CC)c1nc2c(cc1C(N)=NO)CCC2. The number of nitrogens with two attached hydrogens (primary N) is 1. The molecule has 1 heterocycles. The third kappa shape index (κ3) is 3.28. The summed E-state index contributed by atoms with van der Waals surface area (Å²) in [7, 11) is 0. The average molecular weight is 290 g/mol. The maximum atomic E-state index is 9.06. The molecule has 2 rings (SSSR count). The molecule has 1 aromatic heterocycles. The predicted octanol–water partition coefficient (Wildman–Crippen LogP) is 2.54. The van der Waals surface area contributed by atoms with Gasteiger partial charge in [0.2, 0.25) is 0 Å². The minimum Gasteiger partial charge on any atom is -0.409 e. The quantitative estimate of drug-likeness (QED) is 0.365. The highest BCUT2D eigenvalue weighted by Gasteiger charge is 2.22. The molecule has 116 valence electrons. The maximum absolute atomic E-state index is 9.06. The summed E-state index contributed by atoms with van der Waals surface area (Å²) >= 11 is 0. The number of aryl methyl sites for hydroxylation is 2. The Morgan fingerprint density at radius 1 is 1.48 bits per heavy atom. The van der Waals surface area contributed by atoms with E-state index in [2.05, 4.69) is 36.9 Å². The lowest BCUT2D eigenvalue weighted by Gasteiger charge is -2.27. The van der Waals surface area contributed by atoms with E-state index >= 15 is 0 Å². The zero-order valence-corrected chi connectivity index (χ0v) is 13.3. The summed E-state index contributed by atoms with van der Waals surface area (Å²) in [6.45, 7) is 8.35. The first kappa shape index (κ1) is 15.6. The first-order valence-corrected chi connectivity index (χ1v) is 7.86. The van der Waals surface area contributed by atoms with Crippen LogP contribution in [0, 0.1) is 5.92 Å². The van der Waals surface area contributed by atoms with Gasteiger partial charge in [-0.05, 0) is 43.7 Å². The molecular weight excluding hydrogens is 264 g/mol. The average Bonchev–Trinajstić information content (AvgIpc) is 2.97. The van der Waals surface area contributed by atoms with Crippen LogP contribution in [-0.4, -0.2) is 29.1 Å². The number of rotatable bonds is 6. The summed E-state index contributed by atoms with van der Waals surface area (Å²) in [5, 5.41) is 12.2. The lowest BCUT2D eigenvalue weighted by molar-refractivity contribution is 0.318. The number of oxime groups is 1. The second-order valence-corrected chi connectivity index (χ2v) is 5.86. The van der Waals surface area contributed by atoms with Crippen molar-refractivity contribution < 1.29 is 5.21 Å². The van der Waals surface area contributed by atoms with Gasteiger partial charge < -0.3 is 15.8 Å². The number of fused-ring (bicyclic) bond motifs is 1. The van der Waals surface area contributed by atoms with Gasteiger partial charge in [0, 0.05) is 18.8 Å². The lowest BCUT2D eigenvalue weighted by atomic mass is 10.1. The summed E-state index contributed by atoms with van der Waals surface area (Å²) < 4.78 is 0. The van der Waals surface area contributed by atoms with Crippen LogP contribution in [0.3, 0.4) is 0 Å². The van der Waals surface area contributed by atoms with Gasteiger partial charge in [0.1, 0.15) is 5.82 Å². The van der Waals surface area contributed by atoms with Crippen LogP contribution in [0.15, 0.2) is 11.2 Å². The normalized spacial score (nSPS) is 15.9. The van der Waals surface area contributed by atoms with Crippen LogP contribution in [-0.2, 0) is 12.8 Å². The van der Waals surface area contributed by atoms with Gasteiger partial charge >= 0.3 is 0 Å². The lowest BCUT2D eigenvalue weighted by Crippen LogP contribution is -2.32. The second kappa shape index (κ2) is 6.78. The van der Waals surface area contributed by atoms with Crippen LogP contribution in [0.1, 0.15) is 50.4 Å². The number of pyridine rings is 1. The molecule has 0 amide bonds. The van der Waals surface area contributed by atoms with Crippen LogP contribution >= 0.6 is 0 Å². The van der Waals surface area contributed by atoms with Crippen LogP contribution in [0.25, 0.3) is 0 Å². The zero-order valence-electron chi connectivity index (χ0n) is 13.3. The fourth-order valence-corrected chi connectivity index (χ4v) is 2.82. The number of aromatic nitrogens is 1. The fraction of sp³-hybridized carbons (Fsp3) is 0.625. The molecule has 1 aliphatic carbocycles. The van der Waals surface area contributed by atoms with Gasteiger partial charge in [0.05, 0.1) is 5.56 Å². The second-order valence-electron chi connectivity index (χ2n) is 5.86. The molecule has 0 fully saturated rings. The monoisotopic (exact) mass is 290 g/mol. The molecule has 0 bridgehead atoms. The molecule has 1 atom stereocenters. The van der Waals surface area contributed by atoms with Gasteiger partial charge in [0.15, 0.2) is 5.84 Å². The molecule has 1 aromatic rings. The van der Waals surface area contributed by atoms with E-state index in [1.807, 2.05) is 0 Å². The molecule has 0 saturated heterocycles. The summed E-state index contributed by atoms with van der Waals surface area (Å²) in [6.07, 6.45) is 4.32. The Balaban J connectivity index is 2.44. The summed E-state index contributed by atoms with van der Waals surface area (Å²) in [5.74, 6) is 1.59. The number of amidine groups is 1. The summed E-state index contributed by atoms with van der Waals surface area (Å²) in [6, 6.07) is 2.05. The Bertz CT molecular complexity index is 527. The molecule has 21 heavy (non-hydrogen) atoms. The van der Waals surface area contributed by atoms with Crippen molar-refractivity contribution in [1.82, 2.24) is 4.98 Å². The highest BCUT2D eigenvalue weighted by atomic mass is 16.4. The van der Waals surface area contributed by atoms with E-state index in [9.17, 15) is 0 Å². The van der Waals surface area contributed by atoms with E-state index in [0.29, 0.717) is 5.92 Å². The van der Waals surface area contributed by atoms with E-state index in [4.69, 9.17) is 15.9 Å². The highest BCUT2D eigenvalue weighted by Crippen LogP contribution is 2.28. The van der Waals surface area contributed by atoms with Crippen LogP contribution in [0.4, 0.5) is 5.82 Å². The van der Waals surface area contributed by atoms with Gasteiger partial charge in [-0.25, -0.2) is 4.98 Å². The Hall–Kier alpha value is -1.78. The molecule has 0 radical (unpaired) electrons. The molecule has 0 aliphatic heterocycles. The third-order valence-corrected chi connectivity index (χ3v) is 4.32. The fourth-order valence-electron chi connectivity index (χ4n) is 2.82. The number of anilines is 1. The topological polar surface area (TPSA) is 74.7 Å². The van der Waals surface area contributed by atoms with Gasteiger partial charge in [-0.15, -0.1) is 0 Å². The Kier molecular flexibility index (Phi) is 5.04. The molecule has 0 aromatic carbocycles. The molecule has 3 N–H and O–H groups in total. The number of nitrogens with zero attached hydrogens (tertiary/aromatic N) is 3. The minimum absolute atomic E-state index is 0.148. The van der Waals surface area contributed by atoms with Crippen molar-refractivity contribution >= 4 is 11.7 Å². The van der Waals surface area contributed by atoms with Crippen molar-refractivity contribution in [3.63, 3.8) is 0 Å². The Labute approximate surface area is 126 Å². The van der Waals surface area contributed by atoms with Crippen molar-refractivity contribution in [3.05, 3.63) is 22.9 Å². The zero-order chi connectivity index (χ0) is 15.4. The van der Waals surface area contributed by atoms with E-state index < -0.39 is 0 Å². The van der Waals surface area contributed by atoms with Gasteiger partial charge in [0.25, 0.3) is 0 Å². The number of hydrogen-bond acceptors (Lipinski definition) is 4. The molecule has 0 spiro atoms. The predicted molar refractivity (Wildman–Crippen MR) is 86.1 cm³/mol. The van der Waals surface area contributed by atoms with Crippen molar-refractivity contribution in [2.24, 2.45) is 16.8 Å². The van der Waals surface area contributed by atoms with Gasteiger partial charge in [-0.2, -0.15) is 0 Å². The number of hydrogen-bond donors (Lipinski definition) is 2. The molecule has 5 nitrogen and oxygen atoms in total. The van der Waals surface area contributed by atoms with Crippen molar-refractivity contribution in [2.45, 2.75) is 46.5 Å². The van der Waals surface area contributed by atoms with Crippen molar-refractivity contribution in [1.29, 1.82) is 0 Å². The van der Waals surface area contributed by atoms with E-state index in [0.717, 1.165) is 50.2 Å². The van der Waals surface area contributed by atoms with Gasteiger partial charge in [-0.3, -0.25) is 0 Å². The maximum Gasteiger partial charge on any atom is 0.173 e. The first-order valence-electron chi connectivity index (χ1n) is 7.86. The Morgan fingerprint density at radius 3 is 2.86 bits per heavy atom. The van der Waals surface area contributed by atoms with Crippen LogP contribution in [0.2, 0.25) is 0 Å². The van der Waals surface area contributed by atoms with E-state index in [1.165, 1.54) is 11.3 Å². The third-order valence-electron chi connectivity index (χ3n) is 4.32. The van der Waals surface area contributed by atoms with E-state index in [1.54, 1.807) is 0 Å². The van der Waals surface area contributed by atoms with Crippen LogP contribution < -0.4 is 10.6 Å². The molecule has 5 heteroatoms. The van der Waals surface area contributed by atoms with Crippen molar-refractivity contribution in [2.75, 3.05) is 18.0 Å². The van der Waals surface area contributed by atoms with E-state index in [-0.39, 0.29) is 5.84 Å². The molecule has 0 saturated carbocycles.